The smallest absolute Gasteiger partial charge is 0.275 e. The maximum atomic E-state index is 14.2. The number of carbonyl (C=O) groups excluding carboxylic acids is 2. The number of unbranched alkanes of at least 4 members (excludes halogenated alkanes) is 1. The van der Waals surface area contributed by atoms with E-state index in [1.54, 1.807) is 6.07 Å². The first kappa shape index (κ1) is 26.6. The van der Waals surface area contributed by atoms with Crippen LogP contribution in [0.2, 0.25) is 10.0 Å². The van der Waals surface area contributed by atoms with Crippen molar-refractivity contribution in [2.24, 2.45) is 4.99 Å². The monoisotopic (exact) mass is 546 g/mol. The van der Waals surface area contributed by atoms with Crippen LogP contribution < -0.4 is 0 Å². The van der Waals surface area contributed by atoms with E-state index in [4.69, 9.17) is 28.2 Å². The number of hydrogen-bond acceptors (Lipinski definition) is 3. The van der Waals surface area contributed by atoms with Crippen LogP contribution in [0.15, 0.2) is 71.7 Å². The third kappa shape index (κ3) is 5.30. The van der Waals surface area contributed by atoms with Gasteiger partial charge in [0.05, 0.1) is 6.04 Å². The summed E-state index contributed by atoms with van der Waals surface area (Å²) in [5.74, 6) is -0.00832. The number of carbonyl (C=O) groups is 2. The van der Waals surface area contributed by atoms with Gasteiger partial charge in [-0.2, -0.15) is 0 Å². The molecule has 1 unspecified atom stereocenters. The number of aldehydes is 1. The van der Waals surface area contributed by atoms with E-state index in [1.165, 1.54) is 6.42 Å². The van der Waals surface area contributed by atoms with Gasteiger partial charge in [0.1, 0.15) is 17.7 Å². The van der Waals surface area contributed by atoms with Crippen molar-refractivity contribution in [2.45, 2.75) is 70.0 Å². The molecule has 0 saturated heterocycles. The largest absolute Gasteiger partial charge is 0.305 e. The molecule has 1 aliphatic carbocycles. The Kier molecular flexibility index (Phi) is 8.01. The van der Waals surface area contributed by atoms with Gasteiger partial charge in [-0.15, -0.1) is 0 Å². The van der Waals surface area contributed by atoms with E-state index in [-0.39, 0.29) is 11.9 Å². The molecule has 6 heteroatoms. The fraction of sp³-hybridized carbons (Fsp3) is 0.344. The molecule has 0 bridgehead atoms. The normalized spacial score (nSPS) is 17.5. The number of aliphatic imine (C=N–C) groups is 1. The third-order valence-corrected chi connectivity index (χ3v) is 8.23. The number of benzene rings is 3. The number of rotatable bonds is 8. The Morgan fingerprint density at radius 2 is 1.53 bits per heavy atom. The first-order valence-electron chi connectivity index (χ1n) is 13.5. The first-order chi connectivity index (χ1) is 18.4. The Hall–Kier alpha value is -2.95. The van der Waals surface area contributed by atoms with E-state index >= 15 is 0 Å². The summed E-state index contributed by atoms with van der Waals surface area (Å²) in [6.07, 6.45) is 8.79. The van der Waals surface area contributed by atoms with E-state index in [9.17, 15) is 9.59 Å². The molecule has 4 nitrogen and oxygen atoms in total. The van der Waals surface area contributed by atoms with Crippen LogP contribution in [-0.2, 0) is 4.79 Å². The molecule has 5 rings (SSSR count). The van der Waals surface area contributed by atoms with Crippen LogP contribution in [0.4, 0.5) is 0 Å². The summed E-state index contributed by atoms with van der Waals surface area (Å²) in [6.45, 7) is 2.17. The second-order valence-electron chi connectivity index (χ2n) is 10.4. The summed E-state index contributed by atoms with van der Waals surface area (Å²) in [7, 11) is 0. The third-order valence-electron chi connectivity index (χ3n) is 7.80. The van der Waals surface area contributed by atoms with Gasteiger partial charge in [-0.3, -0.25) is 14.6 Å². The minimum absolute atomic E-state index is 0.00832. The Bertz CT molecular complexity index is 1320. The van der Waals surface area contributed by atoms with Gasteiger partial charge in [-0.1, -0.05) is 97.9 Å². The van der Waals surface area contributed by atoms with E-state index in [2.05, 4.69) is 11.8 Å². The fourth-order valence-electron chi connectivity index (χ4n) is 5.88. The van der Waals surface area contributed by atoms with Crippen LogP contribution in [0.25, 0.3) is 11.1 Å². The summed E-state index contributed by atoms with van der Waals surface area (Å²) >= 11 is 12.4. The van der Waals surface area contributed by atoms with Gasteiger partial charge in [0.15, 0.2) is 0 Å². The SMILES string of the molecule is CCCCC(c1ccc(C=O)cc1)N1C(=O)C(c2ccc(-c3cc(Cl)cc(Cl)c3)cc2)=NC12CCCCC2. The molecule has 3 aromatic rings. The lowest BCUT2D eigenvalue weighted by Gasteiger charge is -2.44. The van der Waals surface area contributed by atoms with Gasteiger partial charge in [0.25, 0.3) is 5.91 Å². The van der Waals surface area contributed by atoms with Crippen molar-refractivity contribution in [3.8, 4) is 11.1 Å². The van der Waals surface area contributed by atoms with Crippen molar-refractivity contribution < 1.29 is 9.59 Å². The fourth-order valence-corrected chi connectivity index (χ4v) is 6.41. The van der Waals surface area contributed by atoms with Crippen molar-refractivity contribution in [1.82, 2.24) is 4.90 Å². The molecular weight excluding hydrogens is 515 g/mol. The van der Waals surface area contributed by atoms with Crippen molar-refractivity contribution in [2.75, 3.05) is 0 Å². The molecule has 1 heterocycles. The van der Waals surface area contributed by atoms with E-state index < -0.39 is 5.66 Å². The summed E-state index contributed by atoms with van der Waals surface area (Å²) in [5.41, 5.74) is 4.44. The molecule has 1 aliphatic heterocycles. The van der Waals surface area contributed by atoms with Crippen LogP contribution in [0.3, 0.4) is 0 Å². The minimum atomic E-state index is -0.522. The van der Waals surface area contributed by atoms with Crippen molar-refractivity contribution in [3.63, 3.8) is 0 Å². The van der Waals surface area contributed by atoms with Crippen LogP contribution >= 0.6 is 23.2 Å². The molecule has 196 valence electrons. The minimum Gasteiger partial charge on any atom is -0.305 e. The second kappa shape index (κ2) is 11.4. The van der Waals surface area contributed by atoms with Gasteiger partial charge in [-0.25, -0.2) is 0 Å². The summed E-state index contributed by atoms with van der Waals surface area (Å²) in [4.78, 5) is 32.8. The summed E-state index contributed by atoms with van der Waals surface area (Å²) < 4.78 is 0. The maximum Gasteiger partial charge on any atom is 0.275 e. The standard InChI is InChI=1S/C32H32Cl2N2O2/c1-2-3-7-29(24-10-8-22(21-37)9-11-24)36-31(38)30(35-32(36)16-5-4-6-17-32)25-14-12-23(13-15-25)26-18-27(33)20-28(34)19-26/h8-15,18-21,29H,2-7,16-17H2,1H3. The number of halogens is 2. The van der Waals surface area contributed by atoms with E-state index in [0.29, 0.717) is 21.3 Å². The topological polar surface area (TPSA) is 49.7 Å². The van der Waals surface area contributed by atoms with Crippen LogP contribution in [-0.4, -0.2) is 28.5 Å². The summed E-state index contributed by atoms with van der Waals surface area (Å²) in [5, 5.41) is 1.17. The van der Waals surface area contributed by atoms with Gasteiger partial charge in [0.2, 0.25) is 0 Å². The highest BCUT2D eigenvalue weighted by Gasteiger charge is 2.50. The van der Waals surface area contributed by atoms with Gasteiger partial charge in [-0.05, 0) is 67.0 Å². The Balaban J connectivity index is 1.52. The molecule has 1 spiro atoms. The Labute approximate surface area is 234 Å². The lowest BCUT2D eigenvalue weighted by Crippen LogP contribution is -2.50. The Morgan fingerprint density at radius 3 is 2.13 bits per heavy atom. The average Bonchev–Trinajstić information content (AvgIpc) is 3.20. The highest BCUT2D eigenvalue weighted by atomic mass is 35.5. The molecule has 38 heavy (non-hydrogen) atoms. The molecule has 0 aromatic heterocycles. The predicted molar refractivity (Wildman–Crippen MR) is 155 cm³/mol. The molecule has 3 aromatic carbocycles. The zero-order chi connectivity index (χ0) is 26.7. The Morgan fingerprint density at radius 1 is 0.895 bits per heavy atom. The van der Waals surface area contributed by atoms with Gasteiger partial charge < -0.3 is 4.90 Å². The second-order valence-corrected chi connectivity index (χ2v) is 11.2. The lowest BCUT2D eigenvalue weighted by molar-refractivity contribution is -0.132. The van der Waals surface area contributed by atoms with Crippen LogP contribution in [0.5, 0.6) is 0 Å². The highest BCUT2D eigenvalue weighted by Crippen LogP contribution is 2.45. The highest BCUT2D eigenvalue weighted by molar-refractivity contribution is 6.46. The molecule has 0 radical (unpaired) electrons. The molecule has 1 atom stereocenters. The van der Waals surface area contributed by atoms with Gasteiger partial charge >= 0.3 is 0 Å². The zero-order valence-corrected chi connectivity index (χ0v) is 23.1. The maximum absolute atomic E-state index is 14.2. The van der Waals surface area contributed by atoms with E-state index in [1.807, 2.05) is 60.7 Å². The van der Waals surface area contributed by atoms with E-state index in [0.717, 1.165) is 73.5 Å². The molecule has 2 aliphatic rings. The van der Waals surface area contributed by atoms with Crippen LogP contribution in [0.1, 0.15) is 85.8 Å². The first-order valence-corrected chi connectivity index (χ1v) is 14.3. The summed E-state index contributed by atoms with van der Waals surface area (Å²) in [6, 6.07) is 21.0. The number of amides is 1. The predicted octanol–water partition coefficient (Wildman–Crippen LogP) is 8.70. The zero-order valence-electron chi connectivity index (χ0n) is 21.6. The van der Waals surface area contributed by atoms with Crippen molar-refractivity contribution in [1.29, 1.82) is 0 Å². The molecular formula is C32H32Cl2N2O2. The molecule has 0 N–H and O–H groups in total. The van der Waals surface area contributed by atoms with Crippen molar-refractivity contribution >= 4 is 41.1 Å². The van der Waals surface area contributed by atoms with Crippen molar-refractivity contribution in [3.05, 3.63) is 93.5 Å². The lowest BCUT2D eigenvalue weighted by atomic mass is 9.86. The molecule has 1 amide bonds. The molecule has 1 fully saturated rings. The number of hydrogen-bond donors (Lipinski definition) is 0. The molecule has 1 saturated carbocycles. The average molecular weight is 548 g/mol. The number of nitrogens with zero attached hydrogens (tertiary/aromatic N) is 2. The van der Waals surface area contributed by atoms with Crippen LogP contribution in [0, 0.1) is 0 Å². The quantitative estimate of drug-likeness (QED) is 0.265. The van der Waals surface area contributed by atoms with Gasteiger partial charge in [0, 0.05) is 21.2 Å².